The molecule has 7 nitrogen and oxygen atoms in total. The number of amides is 1. The van der Waals surface area contributed by atoms with Crippen molar-refractivity contribution in [3.05, 3.63) is 75.6 Å². The number of nitrogens with zero attached hydrogens (tertiary/aromatic N) is 2. The molecule has 1 amide bonds. The van der Waals surface area contributed by atoms with Crippen molar-refractivity contribution in [3.63, 3.8) is 0 Å². The Morgan fingerprint density at radius 1 is 1.12 bits per heavy atom. The summed E-state index contributed by atoms with van der Waals surface area (Å²) >= 11 is 2.46. The third-order valence-corrected chi connectivity index (χ3v) is 6.88. The lowest BCUT2D eigenvalue weighted by Crippen LogP contribution is -2.28. The van der Waals surface area contributed by atoms with Crippen molar-refractivity contribution in [2.75, 3.05) is 26.5 Å². The van der Waals surface area contributed by atoms with Crippen LogP contribution in [0.1, 0.15) is 5.56 Å². The first kappa shape index (κ1) is 23.8. The first-order valence-electron chi connectivity index (χ1n) is 10.4. The largest absolute Gasteiger partial charge is 0.493 e. The number of rotatable bonds is 9. The number of thioether (sulfide) groups is 1. The molecule has 0 aliphatic heterocycles. The van der Waals surface area contributed by atoms with Crippen LogP contribution in [0, 0.1) is 5.82 Å². The van der Waals surface area contributed by atoms with Crippen LogP contribution < -0.4 is 20.3 Å². The van der Waals surface area contributed by atoms with Crippen LogP contribution in [0.5, 0.6) is 11.5 Å². The van der Waals surface area contributed by atoms with Crippen LogP contribution in [-0.2, 0) is 11.2 Å². The molecule has 2 aromatic heterocycles. The van der Waals surface area contributed by atoms with Gasteiger partial charge in [-0.3, -0.25) is 14.2 Å². The number of fused-ring (bicyclic) bond motifs is 1. The predicted molar refractivity (Wildman–Crippen MR) is 132 cm³/mol. The number of halogens is 1. The molecule has 0 saturated carbocycles. The van der Waals surface area contributed by atoms with E-state index >= 15 is 0 Å². The first-order chi connectivity index (χ1) is 16.5. The molecule has 0 bridgehead atoms. The summed E-state index contributed by atoms with van der Waals surface area (Å²) in [5, 5.41) is 5.05. The second kappa shape index (κ2) is 10.7. The maximum atomic E-state index is 13.4. The molecule has 0 unspecified atom stereocenters. The molecule has 0 spiro atoms. The summed E-state index contributed by atoms with van der Waals surface area (Å²) in [7, 11) is 3.16. The van der Waals surface area contributed by atoms with E-state index in [4.69, 9.17) is 9.47 Å². The minimum atomic E-state index is -0.398. The lowest BCUT2D eigenvalue weighted by Gasteiger charge is -2.12. The van der Waals surface area contributed by atoms with E-state index in [1.807, 2.05) is 18.2 Å². The molecule has 0 atom stereocenters. The molecule has 0 saturated heterocycles. The molecule has 2 heterocycles. The highest BCUT2D eigenvalue weighted by Crippen LogP contribution is 2.27. The number of carbonyl (C=O) groups is 1. The van der Waals surface area contributed by atoms with Crippen LogP contribution in [-0.4, -0.2) is 42.0 Å². The van der Waals surface area contributed by atoms with Gasteiger partial charge in [0, 0.05) is 6.54 Å². The van der Waals surface area contributed by atoms with Gasteiger partial charge in [0.15, 0.2) is 16.7 Å². The Bertz CT molecular complexity index is 1370. The lowest BCUT2D eigenvalue weighted by atomic mass is 10.1. The summed E-state index contributed by atoms with van der Waals surface area (Å²) in [5.41, 5.74) is 1.82. The quantitative estimate of drug-likeness (QED) is 0.276. The molecule has 10 heteroatoms. The van der Waals surface area contributed by atoms with Crippen LogP contribution >= 0.6 is 23.1 Å². The molecule has 1 N–H and O–H groups in total. The number of benzene rings is 2. The van der Waals surface area contributed by atoms with Gasteiger partial charge in [-0.2, -0.15) is 0 Å². The highest BCUT2D eigenvalue weighted by Gasteiger charge is 2.16. The molecule has 176 valence electrons. The number of nitrogens with one attached hydrogen (secondary N) is 1. The Hall–Kier alpha value is -3.37. The van der Waals surface area contributed by atoms with Gasteiger partial charge in [-0.25, -0.2) is 9.37 Å². The summed E-state index contributed by atoms with van der Waals surface area (Å²) in [6.07, 6.45) is 0.621. The fraction of sp³-hybridized carbons (Fsp3) is 0.208. The normalized spacial score (nSPS) is 10.9. The minimum Gasteiger partial charge on any atom is -0.493 e. The number of hydrogen-bond acceptors (Lipinski definition) is 7. The average molecular weight is 500 g/mol. The number of methoxy groups -OCH3 is 2. The van der Waals surface area contributed by atoms with Crippen molar-refractivity contribution in [2.24, 2.45) is 0 Å². The van der Waals surface area contributed by atoms with E-state index in [0.29, 0.717) is 45.5 Å². The van der Waals surface area contributed by atoms with Crippen molar-refractivity contribution in [1.82, 2.24) is 14.9 Å². The van der Waals surface area contributed by atoms with E-state index < -0.39 is 5.82 Å². The van der Waals surface area contributed by atoms with Crippen molar-refractivity contribution in [2.45, 2.75) is 11.6 Å². The van der Waals surface area contributed by atoms with E-state index in [2.05, 4.69) is 10.3 Å². The van der Waals surface area contributed by atoms with Gasteiger partial charge >= 0.3 is 0 Å². The lowest BCUT2D eigenvalue weighted by molar-refractivity contribution is -0.118. The summed E-state index contributed by atoms with van der Waals surface area (Å²) in [6, 6.07) is 13.0. The van der Waals surface area contributed by atoms with Gasteiger partial charge in [-0.1, -0.05) is 17.8 Å². The maximum Gasteiger partial charge on any atom is 0.276 e. The third kappa shape index (κ3) is 5.23. The molecule has 4 rings (SSSR count). The van der Waals surface area contributed by atoms with Gasteiger partial charge in [-0.05, 0) is 59.8 Å². The van der Waals surface area contributed by atoms with E-state index in [0.717, 1.165) is 17.3 Å². The number of aromatic nitrogens is 2. The van der Waals surface area contributed by atoms with Crippen molar-refractivity contribution < 1.29 is 18.7 Å². The second-order valence-electron chi connectivity index (χ2n) is 7.22. The molecule has 34 heavy (non-hydrogen) atoms. The zero-order valence-electron chi connectivity index (χ0n) is 18.5. The van der Waals surface area contributed by atoms with Crippen LogP contribution in [0.4, 0.5) is 4.39 Å². The summed E-state index contributed by atoms with van der Waals surface area (Å²) in [5.74, 6) is 0.778. The van der Waals surface area contributed by atoms with Gasteiger partial charge in [0.25, 0.3) is 5.56 Å². The Balaban J connectivity index is 1.44. The smallest absolute Gasteiger partial charge is 0.276 e. The topological polar surface area (TPSA) is 82.5 Å². The van der Waals surface area contributed by atoms with E-state index in [1.54, 1.807) is 25.7 Å². The first-order valence-corrected chi connectivity index (χ1v) is 12.2. The predicted octanol–water partition coefficient (Wildman–Crippen LogP) is 4.05. The van der Waals surface area contributed by atoms with Crippen molar-refractivity contribution in [3.8, 4) is 17.2 Å². The van der Waals surface area contributed by atoms with Gasteiger partial charge < -0.3 is 14.8 Å². The van der Waals surface area contributed by atoms with Gasteiger partial charge in [-0.15, -0.1) is 11.3 Å². The molecule has 0 aliphatic rings. The van der Waals surface area contributed by atoms with E-state index in [-0.39, 0.29) is 17.2 Å². The van der Waals surface area contributed by atoms with E-state index in [1.165, 1.54) is 40.2 Å². The Morgan fingerprint density at radius 2 is 1.88 bits per heavy atom. The van der Waals surface area contributed by atoms with Crippen molar-refractivity contribution >= 4 is 39.2 Å². The Labute approximate surface area is 203 Å². The second-order valence-corrected chi connectivity index (χ2v) is 9.08. The Kier molecular flexibility index (Phi) is 7.49. The molecule has 4 aromatic rings. The van der Waals surface area contributed by atoms with Crippen LogP contribution in [0.2, 0.25) is 0 Å². The molecule has 0 fully saturated rings. The highest BCUT2D eigenvalue weighted by atomic mass is 32.2. The summed E-state index contributed by atoms with van der Waals surface area (Å²) in [6.45, 7) is 0.441. The fourth-order valence-corrected chi connectivity index (χ4v) is 4.97. The molecule has 2 aromatic carbocycles. The fourth-order valence-electron chi connectivity index (χ4n) is 3.37. The van der Waals surface area contributed by atoms with Crippen LogP contribution in [0.3, 0.4) is 0 Å². The Morgan fingerprint density at radius 3 is 2.62 bits per heavy atom. The van der Waals surface area contributed by atoms with Gasteiger partial charge in [0.05, 0.1) is 31.2 Å². The standard InChI is InChI=1S/C24H22FN3O4S2/c1-31-19-8-3-15(13-20(19)32-2)9-11-26-21(29)14-34-24-27-18-10-12-33-22(18)23(30)28(24)17-6-4-16(25)5-7-17/h3-8,10,12-13H,9,11,14H2,1-2H3,(H,26,29). The molecular formula is C24H22FN3O4S2. The van der Waals surface area contributed by atoms with Crippen molar-refractivity contribution in [1.29, 1.82) is 0 Å². The van der Waals surface area contributed by atoms with Crippen LogP contribution in [0.15, 0.2) is 63.9 Å². The summed E-state index contributed by atoms with van der Waals surface area (Å²) in [4.78, 5) is 30.1. The molecule has 0 aliphatic carbocycles. The number of carbonyl (C=O) groups excluding carboxylic acids is 1. The highest BCUT2D eigenvalue weighted by molar-refractivity contribution is 7.99. The monoisotopic (exact) mass is 499 g/mol. The number of thiophene rings is 1. The van der Waals surface area contributed by atoms with Crippen LogP contribution in [0.25, 0.3) is 15.9 Å². The maximum absolute atomic E-state index is 13.4. The summed E-state index contributed by atoms with van der Waals surface area (Å²) < 4.78 is 25.9. The number of hydrogen-bond donors (Lipinski definition) is 1. The van der Waals surface area contributed by atoms with E-state index in [9.17, 15) is 14.0 Å². The molecular weight excluding hydrogens is 477 g/mol. The average Bonchev–Trinajstić information content (AvgIpc) is 3.32. The number of ether oxygens (including phenoxy) is 2. The zero-order chi connectivity index (χ0) is 24.1. The third-order valence-electron chi connectivity index (χ3n) is 5.05. The molecule has 0 radical (unpaired) electrons. The van der Waals surface area contributed by atoms with Gasteiger partial charge in [0.1, 0.15) is 10.5 Å². The zero-order valence-corrected chi connectivity index (χ0v) is 20.2. The SMILES string of the molecule is COc1ccc(CCNC(=O)CSc2nc3ccsc3c(=O)n2-c2ccc(F)cc2)cc1OC. The van der Waals surface area contributed by atoms with Gasteiger partial charge in [0.2, 0.25) is 5.91 Å². The minimum absolute atomic E-state index is 0.0786.